The zero-order chi connectivity index (χ0) is 21.8. The molecule has 0 bridgehead atoms. The number of benzene rings is 1. The number of carbonyl (C=O) groups is 2. The van der Waals surface area contributed by atoms with Crippen LogP contribution in [0.2, 0.25) is 0 Å². The molecular formula is C24H31N5O2. The van der Waals surface area contributed by atoms with Gasteiger partial charge in [-0.15, -0.1) is 0 Å². The van der Waals surface area contributed by atoms with Crippen LogP contribution >= 0.6 is 0 Å². The molecule has 7 heteroatoms. The average molecular weight is 422 g/mol. The van der Waals surface area contributed by atoms with Crippen LogP contribution in [0.5, 0.6) is 0 Å². The Kier molecular flexibility index (Phi) is 6.11. The minimum Gasteiger partial charge on any atom is -0.355 e. The summed E-state index contributed by atoms with van der Waals surface area (Å²) in [5.41, 5.74) is 1.16. The molecule has 4 rings (SSSR count). The van der Waals surface area contributed by atoms with Gasteiger partial charge in [-0.05, 0) is 44.4 Å². The van der Waals surface area contributed by atoms with Gasteiger partial charge in [0, 0.05) is 45.5 Å². The van der Waals surface area contributed by atoms with Crippen LogP contribution in [0.15, 0.2) is 48.7 Å². The van der Waals surface area contributed by atoms with E-state index in [1.807, 2.05) is 61.2 Å². The molecular weight excluding hydrogens is 390 g/mol. The van der Waals surface area contributed by atoms with E-state index in [-0.39, 0.29) is 11.9 Å². The quantitative estimate of drug-likeness (QED) is 0.822. The molecule has 2 aliphatic heterocycles. The maximum atomic E-state index is 13.2. The summed E-state index contributed by atoms with van der Waals surface area (Å²) in [6, 6.07) is 13.5. The summed E-state index contributed by atoms with van der Waals surface area (Å²) >= 11 is 0. The number of piperazine rings is 1. The van der Waals surface area contributed by atoms with Crippen molar-refractivity contribution in [3.63, 3.8) is 0 Å². The predicted molar refractivity (Wildman–Crippen MR) is 122 cm³/mol. The summed E-state index contributed by atoms with van der Waals surface area (Å²) in [6.45, 7) is 7.97. The van der Waals surface area contributed by atoms with Crippen molar-refractivity contribution in [2.24, 2.45) is 0 Å². The van der Waals surface area contributed by atoms with Gasteiger partial charge in [-0.1, -0.05) is 30.3 Å². The zero-order valence-electron chi connectivity index (χ0n) is 18.4. The van der Waals surface area contributed by atoms with Gasteiger partial charge in [0.1, 0.15) is 0 Å². The topological polar surface area (TPSA) is 68.8 Å². The molecule has 0 saturated carbocycles. The van der Waals surface area contributed by atoms with Crippen molar-refractivity contribution in [3.8, 4) is 0 Å². The van der Waals surface area contributed by atoms with E-state index in [1.54, 1.807) is 11.1 Å². The molecule has 0 atom stereocenters. The third kappa shape index (κ3) is 4.50. The van der Waals surface area contributed by atoms with E-state index in [2.05, 4.69) is 15.2 Å². The van der Waals surface area contributed by atoms with E-state index in [9.17, 15) is 9.59 Å². The van der Waals surface area contributed by atoms with Crippen LogP contribution < -0.4 is 10.2 Å². The maximum Gasteiger partial charge on any atom is 0.322 e. The lowest BCUT2D eigenvalue weighted by atomic mass is 9.83. The van der Waals surface area contributed by atoms with Gasteiger partial charge >= 0.3 is 6.03 Å². The first kappa shape index (κ1) is 21.2. The minimum atomic E-state index is -0.591. The van der Waals surface area contributed by atoms with Gasteiger partial charge in [-0.2, -0.15) is 0 Å². The molecule has 1 N–H and O–H groups in total. The Morgan fingerprint density at radius 3 is 2.19 bits per heavy atom. The molecule has 1 aromatic carbocycles. The van der Waals surface area contributed by atoms with E-state index in [1.165, 1.54) is 0 Å². The van der Waals surface area contributed by atoms with Crippen molar-refractivity contribution in [2.45, 2.75) is 32.1 Å². The second-order valence-electron chi connectivity index (χ2n) is 8.77. The van der Waals surface area contributed by atoms with Gasteiger partial charge in [0.25, 0.3) is 0 Å². The molecule has 1 aromatic heterocycles. The van der Waals surface area contributed by atoms with Crippen LogP contribution in [-0.4, -0.2) is 66.0 Å². The Morgan fingerprint density at radius 1 is 0.871 bits per heavy atom. The van der Waals surface area contributed by atoms with Gasteiger partial charge < -0.3 is 20.0 Å². The first-order valence-corrected chi connectivity index (χ1v) is 11.1. The minimum absolute atomic E-state index is 0.0994. The number of nitrogens with zero attached hydrogens (tertiary/aromatic N) is 4. The highest BCUT2D eigenvalue weighted by molar-refractivity contribution is 5.93. The molecule has 2 aliphatic rings. The Hall–Kier alpha value is -3.09. The lowest BCUT2D eigenvalue weighted by Crippen LogP contribution is -2.55. The molecule has 3 heterocycles. The number of carbonyl (C=O) groups excluding carboxylic acids is 2. The van der Waals surface area contributed by atoms with Crippen LogP contribution in [0.25, 0.3) is 0 Å². The van der Waals surface area contributed by atoms with Gasteiger partial charge in [-0.3, -0.25) is 4.79 Å². The van der Waals surface area contributed by atoms with E-state index in [4.69, 9.17) is 0 Å². The smallest absolute Gasteiger partial charge is 0.322 e. The van der Waals surface area contributed by atoms with Gasteiger partial charge in [0.05, 0.1) is 11.1 Å². The Labute approximate surface area is 184 Å². The molecule has 2 aromatic rings. The highest BCUT2D eigenvalue weighted by Gasteiger charge is 2.35. The molecule has 2 fully saturated rings. The van der Waals surface area contributed by atoms with Gasteiger partial charge in [-0.25, -0.2) is 9.78 Å². The number of aromatic nitrogens is 1. The van der Waals surface area contributed by atoms with Crippen LogP contribution in [-0.2, 0) is 10.2 Å². The number of pyridine rings is 1. The fourth-order valence-corrected chi connectivity index (χ4v) is 4.36. The molecule has 3 amide bonds. The van der Waals surface area contributed by atoms with E-state index in [0.717, 1.165) is 43.0 Å². The molecule has 31 heavy (non-hydrogen) atoms. The van der Waals surface area contributed by atoms with Crippen LogP contribution in [0.4, 0.5) is 16.3 Å². The number of hydrogen-bond acceptors (Lipinski definition) is 4. The zero-order valence-corrected chi connectivity index (χ0v) is 18.4. The molecule has 0 aliphatic carbocycles. The molecule has 164 valence electrons. The predicted octanol–water partition coefficient (Wildman–Crippen LogP) is 3.34. The van der Waals surface area contributed by atoms with Crippen LogP contribution in [0.1, 0.15) is 32.3 Å². The van der Waals surface area contributed by atoms with Gasteiger partial charge in [0.15, 0.2) is 5.82 Å². The summed E-state index contributed by atoms with van der Waals surface area (Å²) in [4.78, 5) is 36.4. The second kappa shape index (κ2) is 8.96. The van der Waals surface area contributed by atoms with Gasteiger partial charge in [0.2, 0.25) is 5.91 Å². The van der Waals surface area contributed by atoms with Crippen LogP contribution in [0, 0.1) is 0 Å². The Balaban J connectivity index is 1.36. The first-order chi connectivity index (χ1) is 15.0. The SMILES string of the molecule is CC(C)(C(=O)N1CCN(C(=O)Nc2cccnc2N2CCCC2)CC1)c1ccccc1. The number of urea groups is 1. The van der Waals surface area contributed by atoms with Crippen LogP contribution in [0.3, 0.4) is 0 Å². The van der Waals surface area contributed by atoms with Crippen molar-refractivity contribution in [1.29, 1.82) is 0 Å². The summed E-state index contributed by atoms with van der Waals surface area (Å²) in [6.07, 6.45) is 4.07. The van der Waals surface area contributed by atoms with E-state index >= 15 is 0 Å². The van der Waals surface area contributed by atoms with Crippen molar-refractivity contribution in [1.82, 2.24) is 14.8 Å². The maximum absolute atomic E-state index is 13.2. The molecule has 7 nitrogen and oxygen atoms in total. The number of rotatable bonds is 4. The summed E-state index contributed by atoms with van der Waals surface area (Å²) in [5, 5.41) is 3.04. The lowest BCUT2D eigenvalue weighted by molar-refractivity contribution is -0.137. The fourth-order valence-electron chi connectivity index (χ4n) is 4.36. The molecule has 0 spiro atoms. The number of anilines is 2. The number of amides is 3. The van der Waals surface area contributed by atoms with Crippen molar-refractivity contribution in [2.75, 3.05) is 49.5 Å². The van der Waals surface area contributed by atoms with E-state index in [0.29, 0.717) is 26.2 Å². The molecule has 0 radical (unpaired) electrons. The third-order valence-corrected chi connectivity index (χ3v) is 6.32. The first-order valence-electron chi connectivity index (χ1n) is 11.1. The normalized spacial score (nSPS) is 17.0. The second-order valence-corrected chi connectivity index (χ2v) is 8.77. The number of hydrogen-bond donors (Lipinski definition) is 1. The van der Waals surface area contributed by atoms with Crippen molar-refractivity contribution >= 4 is 23.4 Å². The average Bonchev–Trinajstić information content (AvgIpc) is 3.34. The lowest BCUT2D eigenvalue weighted by Gasteiger charge is -2.38. The summed E-state index contributed by atoms with van der Waals surface area (Å²) in [5.74, 6) is 0.939. The largest absolute Gasteiger partial charge is 0.355 e. The summed E-state index contributed by atoms with van der Waals surface area (Å²) in [7, 11) is 0. The number of nitrogens with one attached hydrogen (secondary N) is 1. The Morgan fingerprint density at radius 2 is 1.52 bits per heavy atom. The standard InChI is InChI=1S/C24H31N5O2/c1-24(2,19-9-4-3-5-10-19)22(30)28-15-17-29(18-16-28)23(31)26-20-11-8-12-25-21(20)27-13-6-7-14-27/h3-5,8-12H,6-7,13-18H2,1-2H3,(H,26,31). The van der Waals surface area contributed by atoms with Crippen molar-refractivity contribution < 1.29 is 9.59 Å². The third-order valence-electron chi connectivity index (χ3n) is 6.32. The monoisotopic (exact) mass is 421 g/mol. The summed E-state index contributed by atoms with van der Waals surface area (Å²) < 4.78 is 0. The van der Waals surface area contributed by atoms with E-state index < -0.39 is 5.41 Å². The molecule has 2 saturated heterocycles. The highest BCUT2D eigenvalue weighted by Crippen LogP contribution is 2.28. The Bertz CT molecular complexity index is 917. The fraction of sp³-hybridized carbons (Fsp3) is 0.458. The molecule has 0 unspecified atom stereocenters. The highest BCUT2D eigenvalue weighted by atomic mass is 16.2. The van der Waals surface area contributed by atoms with Crippen molar-refractivity contribution in [3.05, 3.63) is 54.2 Å².